The molecule has 4 N–H and O–H groups in total. The summed E-state index contributed by atoms with van der Waals surface area (Å²) in [7, 11) is 0. The molecule has 0 amide bonds. The Morgan fingerprint density at radius 2 is 1.93 bits per heavy atom. The molecular weight excluding hydrogens is 191 g/mol. The van der Waals surface area contributed by atoms with E-state index in [0.29, 0.717) is 12.2 Å². The van der Waals surface area contributed by atoms with Crippen molar-refractivity contribution in [2.75, 3.05) is 12.3 Å². The van der Waals surface area contributed by atoms with Crippen LogP contribution in [0.4, 0.5) is 10.1 Å². The minimum atomic E-state index is -0.223. The van der Waals surface area contributed by atoms with E-state index in [1.807, 2.05) is 0 Å². The van der Waals surface area contributed by atoms with Crippen LogP contribution in [0, 0.1) is 5.82 Å². The van der Waals surface area contributed by atoms with Crippen LogP contribution in [0.1, 0.15) is 31.2 Å². The van der Waals surface area contributed by atoms with E-state index in [1.165, 1.54) is 6.07 Å². The molecule has 0 spiro atoms. The predicted molar refractivity (Wildman–Crippen MR) is 60.0 cm³/mol. The predicted octanol–water partition coefficient (Wildman–Crippen LogP) is 2.18. The number of rotatable bonds is 2. The van der Waals surface area contributed by atoms with E-state index in [9.17, 15) is 4.39 Å². The lowest BCUT2D eigenvalue weighted by Gasteiger charge is -2.29. The first-order chi connectivity index (χ1) is 7.18. The van der Waals surface area contributed by atoms with Gasteiger partial charge in [-0.2, -0.15) is 0 Å². The highest BCUT2D eigenvalue weighted by Crippen LogP contribution is 2.42. The van der Waals surface area contributed by atoms with Crippen molar-refractivity contribution < 1.29 is 4.39 Å². The lowest BCUT2D eigenvalue weighted by molar-refractivity contribution is 0.451. The Bertz CT molecular complexity index is 357. The summed E-state index contributed by atoms with van der Waals surface area (Å²) in [5.41, 5.74) is 13.2. The van der Waals surface area contributed by atoms with Gasteiger partial charge in [-0.25, -0.2) is 4.39 Å². The van der Waals surface area contributed by atoms with Crippen molar-refractivity contribution in [1.29, 1.82) is 0 Å². The summed E-state index contributed by atoms with van der Waals surface area (Å²) in [6, 6.07) is 4.59. The molecule has 1 aliphatic rings. The fourth-order valence-electron chi connectivity index (χ4n) is 2.62. The van der Waals surface area contributed by atoms with Crippen molar-refractivity contribution in [3.05, 3.63) is 29.6 Å². The topological polar surface area (TPSA) is 52.0 Å². The van der Waals surface area contributed by atoms with Gasteiger partial charge < -0.3 is 11.5 Å². The van der Waals surface area contributed by atoms with Crippen LogP contribution >= 0.6 is 0 Å². The van der Waals surface area contributed by atoms with Crippen LogP contribution in [0.3, 0.4) is 0 Å². The van der Waals surface area contributed by atoms with Crippen molar-refractivity contribution in [1.82, 2.24) is 0 Å². The fraction of sp³-hybridized carbons (Fsp3) is 0.500. The molecule has 0 bridgehead atoms. The molecule has 2 nitrogen and oxygen atoms in total. The second-order valence-electron chi connectivity index (χ2n) is 4.42. The van der Waals surface area contributed by atoms with Gasteiger partial charge >= 0.3 is 0 Å². The third-order valence-electron chi connectivity index (χ3n) is 3.54. The number of benzene rings is 1. The van der Waals surface area contributed by atoms with Crippen LogP contribution < -0.4 is 11.5 Å². The first-order valence-electron chi connectivity index (χ1n) is 5.43. The van der Waals surface area contributed by atoms with Crippen LogP contribution in [-0.4, -0.2) is 6.54 Å². The zero-order chi connectivity index (χ0) is 10.9. The highest BCUT2D eigenvalue weighted by molar-refractivity contribution is 5.51. The molecule has 2 rings (SSSR count). The Labute approximate surface area is 89.5 Å². The van der Waals surface area contributed by atoms with E-state index in [2.05, 4.69) is 0 Å². The number of nitrogen functional groups attached to an aromatic ring is 1. The monoisotopic (exact) mass is 208 g/mol. The molecule has 1 aromatic carbocycles. The van der Waals surface area contributed by atoms with Crippen molar-refractivity contribution in [3.63, 3.8) is 0 Å². The van der Waals surface area contributed by atoms with Crippen molar-refractivity contribution in [2.24, 2.45) is 5.73 Å². The molecule has 0 atom stereocenters. The second-order valence-corrected chi connectivity index (χ2v) is 4.42. The van der Waals surface area contributed by atoms with Gasteiger partial charge in [0, 0.05) is 17.6 Å². The number of hydrogen-bond donors (Lipinski definition) is 2. The maximum absolute atomic E-state index is 13.2. The molecule has 1 fully saturated rings. The maximum atomic E-state index is 13.2. The third-order valence-corrected chi connectivity index (χ3v) is 3.54. The minimum Gasteiger partial charge on any atom is -0.398 e. The first-order valence-corrected chi connectivity index (χ1v) is 5.43. The Morgan fingerprint density at radius 3 is 2.53 bits per heavy atom. The molecule has 82 valence electrons. The Kier molecular flexibility index (Phi) is 2.65. The molecule has 3 heteroatoms. The van der Waals surface area contributed by atoms with Crippen molar-refractivity contribution >= 4 is 5.69 Å². The summed E-state index contributed by atoms with van der Waals surface area (Å²) in [4.78, 5) is 0. The van der Waals surface area contributed by atoms with Gasteiger partial charge in [-0.05, 0) is 36.6 Å². The summed E-state index contributed by atoms with van der Waals surface area (Å²) >= 11 is 0. The smallest absolute Gasteiger partial charge is 0.123 e. The third kappa shape index (κ3) is 1.72. The molecule has 0 radical (unpaired) electrons. The summed E-state index contributed by atoms with van der Waals surface area (Å²) in [5, 5.41) is 0. The van der Waals surface area contributed by atoms with E-state index in [1.54, 1.807) is 12.1 Å². The first kappa shape index (κ1) is 10.4. The minimum absolute atomic E-state index is 0.0772. The number of nitrogens with two attached hydrogens (primary N) is 2. The summed E-state index contributed by atoms with van der Waals surface area (Å²) in [5.74, 6) is -0.223. The molecule has 0 aliphatic heterocycles. The van der Waals surface area contributed by atoms with Gasteiger partial charge in [0.25, 0.3) is 0 Å². The van der Waals surface area contributed by atoms with Crippen LogP contribution in [0.2, 0.25) is 0 Å². The normalized spacial score (nSPS) is 19.3. The molecular formula is C12H17FN2. The van der Waals surface area contributed by atoms with Gasteiger partial charge in [0.1, 0.15) is 5.82 Å². The van der Waals surface area contributed by atoms with Gasteiger partial charge in [0.2, 0.25) is 0 Å². The average Bonchev–Trinajstić information content (AvgIpc) is 2.71. The quantitative estimate of drug-likeness (QED) is 0.732. The van der Waals surface area contributed by atoms with E-state index in [0.717, 1.165) is 31.2 Å². The molecule has 1 aliphatic carbocycles. The molecule has 0 heterocycles. The lowest BCUT2D eigenvalue weighted by atomic mass is 9.78. The van der Waals surface area contributed by atoms with E-state index in [4.69, 9.17) is 11.5 Å². The summed E-state index contributed by atoms with van der Waals surface area (Å²) in [6.07, 6.45) is 4.37. The van der Waals surface area contributed by atoms with Gasteiger partial charge in [0.15, 0.2) is 0 Å². The summed E-state index contributed by atoms with van der Waals surface area (Å²) < 4.78 is 13.2. The molecule has 0 unspecified atom stereocenters. The van der Waals surface area contributed by atoms with Crippen molar-refractivity contribution in [2.45, 2.75) is 31.1 Å². The van der Waals surface area contributed by atoms with Gasteiger partial charge in [0.05, 0.1) is 0 Å². The van der Waals surface area contributed by atoms with E-state index >= 15 is 0 Å². The number of anilines is 1. The molecule has 0 saturated heterocycles. The highest BCUT2D eigenvalue weighted by atomic mass is 19.1. The zero-order valence-electron chi connectivity index (χ0n) is 8.80. The molecule has 1 saturated carbocycles. The molecule has 1 aromatic rings. The lowest BCUT2D eigenvalue weighted by Crippen LogP contribution is -2.33. The molecule has 15 heavy (non-hydrogen) atoms. The van der Waals surface area contributed by atoms with Crippen LogP contribution in [-0.2, 0) is 5.41 Å². The Morgan fingerprint density at radius 1 is 1.27 bits per heavy atom. The standard InChI is InChI=1S/C12H17FN2/c13-9-3-4-11(15)10(7-9)12(8-14)5-1-2-6-12/h3-4,7H,1-2,5-6,8,14-15H2. The largest absolute Gasteiger partial charge is 0.398 e. The maximum Gasteiger partial charge on any atom is 0.123 e. The Balaban J connectivity index is 2.46. The summed E-state index contributed by atoms with van der Waals surface area (Å²) in [6.45, 7) is 0.556. The van der Waals surface area contributed by atoms with Crippen LogP contribution in [0.5, 0.6) is 0 Å². The number of halogens is 1. The van der Waals surface area contributed by atoms with E-state index < -0.39 is 0 Å². The SMILES string of the molecule is NCC1(c2cc(F)ccc2N)CCCC1. The molecule has 0 aromatic heterocycles. The van der Waals surface area contributed by atoms with Crippen LogP contribution in [0.25, 0.3) is 0 Å². The van der Waals surface area contributed by atoms with E-state index in [-0.39, 0.29) is 11.2 Å². The second kappa shape index (κ2) is 3.81. The zero-order valence-corrected chi connectivity index (χ0v) is 8.80. The number of hydrogen-bond acceptors (Lipinski definition) is 2. The van der Waals surface area contributed by atoms with Crippen molar-refractivity contribution in [3.8, 4) is 0 Å². The highest BCUT2D eigenvalue weighted by Gasteiger charge is 2.35. The Hall–Kier alpha value is -1.09. The van der Waals surface area contributed by atoms with Gasteiger partial charge in [-0.15, -0.1) is 0 Å². The van der Waals surface area contributed by atoms with Crippen LogP contribution in [0.15, 0.2) is 18.2 Å². The van der Waals surface area contributed by atoms with Gasteiger partial charge in [-0.3, -0.25) is 0 Å². The average molecular weight is 208 g/mol. The van der Waals surface area contributed by atoms with Gasteiger partial charge in [-0.1, -0.05) is 12.8 Å². The fourth-order valence-corrected chi connectivity index (χ4v) is 2.62.